The van der Waals surface area contributed by atoms with Gasteiger partial charge in [0.2, 0.25) is 11.7 Å². The lowest BCUT2D eigenvalue weighted by atomic mass is 10.0. The van der Waals surface area contributed by atoms with Gasteiger partial charge in [0.15, 0.2) is 0 Å². The van der Waals surface area contributed by atoms with Gasteiger partial charge in [-0.25, -0.2) is 0 Å². The van der Waals surface area contributed by atoms with E-state index in [0.29, 0.717) is 18.3 Å². The number of aromatic nitrogens is 2. The molecule has 9 heteroatoms. The Morgan fingerprint density at radius 1 is 1.55 bits per heavy atom. The molecule has 0 saturated heterocycles. The number of hydrogen-bond donors (Lipinski definition) is 1. The molecule has 1 atom stereocenters. The first kappa shape index (κ1) is 20.3. The van der Waals surface area contributed by atoms with E-state index >= 15 is 0 Å². The highest BCUT2D eigenvalue weighted by Gasteiger charge is 2.19. The van der Waals surface area contributed by atoms with Crippen LogP contribution in [0, 0.1) is 23.0 Å². The van der Waals surface area contributed by atoms with Crippen molar-refractivity contribution in [3.8, 4) is 0 Å². The molecule has 1 unspecified atom stereocenters. The summed E-state index contributed by atoms with van der Waals surface area (Å²) in [6.45, 7) is 6.32. The molecular formula is C13H24ClN5O3. The van der Waals surface area contributed by atoms with E-state index in [2.05, 4.69) is 4.98 Å². The van der Waals surface area contributed by atoms with Crippen LogP contribution in [0.4, 0.5) is 5.82 Å². The molecule has 2 N–H and O–H groups in total. The zero-order valence-corrected chi connectivity index (χ0v) is 14.2. The molecule has 1 heterocycles. The normalized spacial score (nSPS) is 11.9. The van der Waals surface area contributed by atoms with Crippen LogP contribution in [-0.2, 0) is 11.3 Å². The molecule has 0 radical (unpaired) electrons. The predicted molar refractivity (Wildman–Crippen MR) is 85.9 cm³/mol. The summed E-state index contributed by atoms with van der Waals surface area (Å²) in [4.78, 5) is 27.6. The first-order valence-corrected chi connectivity index (χ1v) is 6.90. The van der Waals surface area contributed by atoms with Gasteiger partial charge in [0.1, 0.15) is 12.7 Å². The highest BCUT2D eigenvalue weighted by molar-refractivity contribution is 5.85. The topological polar surface area (TPSA) is 107 Å². The van der Waals surface area contributed by atoms with Crippen LogP contribution in [0.25, 0.3) is 0 Å². The van der Waals surface area contributed by atoms with Crippen LogP contribution in [0.15, 0.2) is 6.20 Å². The minimum atomic E-state index is -0.570. The smallest absolute Gasteiger partial charge is 0.358 e. The van der Waals surface area contributed by atoms with Gasteiger partial charge in [-0.3, -0.25) is 9.36 Å². The molecule has 1 rings (SSSR count). The molecule has 0 aromatic carbocycles. The minimum absolute atomic E-state index is 0. The van der Waals surface area contributed by atoms with Crippen LogP contribution in [0.1, 0.15) is 26.1 Å². The number of carbonyl (C=O) groups is 1. The Hall–Kier alpha value is -1.67. The molecule has 0 aliphatic carbocycles. The van der Waals surface area contributed by atoms with Gasteiger partial charge >= 0.3 is 5.82 Å². The van der Waals surface area contributed by atoms with Crippen molar-refractivity contribution in [2.24, 2.45) is 11.7 Å². The second kappa shape index (κ2) is 8.70. The highest BCUT2D eigenvalue weighted by atomic mass is 35.5. The number of amides is 1. The minimum Gasteiger partial charge on any atom is -0.358 e. The first-order chi connectivity index (χ1) is 9.72. The molecule has 8 nitrogen and oxygen atoms in total. The lowest BCUT2D eigenvalue weighted by molar-refractivity contribution is -0.389. The summed E-state index contributed by atoms with van der Waals surface area (Å²) >= 11 is 0. The molecule has 0 aliphatic rings. The fourth-order valence-electron chi connectivity index (χ4n) is 1.81. The van der Waals surface area contributed by atoms with Crippen molar-refractivity contribution in [3.05, 3.63) is 22.1 Å². The number of carbonyl (C=O) groups excluding carboxylic acids is 1. The number of halogens is 1. The summed E-state index contributed by atoms with van der Waals surface area (Å²) in [5.41, 5.74) is 5.95. The summed E-state index contributed by atoms with van der Waals surface area (Å²) < 4.78 is 1.49. The maximum absolute atomic E-state index is 12.1. The highest BCUT2D eigenvalue weighted by Crippen LogP contribution is 2.11. The van der Waals surface area contributed by atoms with Crippen molar-refractivity contribution < 1.29 is 9.72 Å². The average Bonchev–Trinajstić information content (AvgIpc) is 2.77. The average molecular weight is 334 g/mol. The standard InChI is InChI=1S/C13H23N5O3.ClH/c1-9(2)11(14)5-6-16(4)13(19)8-17-7-12(18(20)21)15-10(17)3;/h7,9,11H,5-6,8,14H2,1-4H3;1H. The number of rotatable bonds is 7. The second-order valence-corrected chi connectivity index (χ2v) is 5.54. The van der Waals surface area contributed by atoms with E-state index < -0.39 is 4.92 Å². The maximum atomic E-state index is 12.1. The number of hydrogen-bond acceptors (Lipinski definition) is 5. The van der Waals surface area contributed by atoms with Crippen molar-refractivity contribution in [3.63, 3.8) is 0 Å². The summed E-state index contributed by atoms with van der Waals surface area (Å²) in [6, 6.07) is 0.0521. The van der Waals surface area contributed by atoms with Gasteiger partial charge in [0.05, 0.1) is 0 Å². The second-order valence-electron chi connectivity index (χ2n) is 5.54. The van der Waals surface area contributed by atoms with Gasteiger partial charge in [-0.15, -0.1) is 12.4 Å². The number of imidazole rings is 1. The maximum Gasteiger partial charge on any atom is 0.381 e. The van der Waals surface area contributed by atoms with E-state index in [1.165, 1.54) is 10.8 Å². The van der Waals surface area contributed by atoms with E-state index in [0.717, 1.165) is 6.42 Å². The third-order valence-corrected chi connectivity index (χ3v) is 3.54. The van der Waals surface area contributed by atoms with Crippen molar-refractivity contribution >= 4 is 24.1 Å². The molecule has 0 bridgehead atoms. The fourth-order valence-corrected chi connectivity index (χ4v) is 1.81. The zero-order valence-electron chi connectivity index (χ0n) is 13.4. The molecule has 0 saturated carbocycles. The molecule has 1 aromatic rings. The number of nitro groups is 1. The number of aryl methyl sites for hydroxylation is 1. The summed E-state index contributed by atoms with van der Waals surface area (Å²) in [5, 5.41) is 10.6. The Kier molecular flexibility index (Phi) is 8.04. The number of nitrogens with zero attached hydrogens (tertiary/aromatic N) is 4. The van der Waals surface area contributed by atoms with Crippen molar-refractivity contribution in [2.45, 2.75) is 39.8 Å². The van der Waals surface area contributed by atoms with Crippen LogP contribution in [0.2, 0.25) is 0 Å². The molecule has 0 spiro atoms. The molecule has 0 aliphatic heterocycles. The van der Waals surface area contributed by atoms with E-state index in [1.807, 2.05) is 13.8 Å². The van der Waals surface area contributed by atoms with E-state index in [-0.39, 0.29) is 36.7 Å². The van der Waals surface area contributed by atoms with Crippen LogP contribution in [0.3, 0.4) is 0 Å². The third-order valence-electron chi connectivity index (χ3n) is 3.54. The van der Waals surface area contributed by atoms with Gasteiger partial charge in [-0.1, -0.05) is 13.8 Å². The van der Waals surface area contributed by atoms with Crippen molar-refractivity contribution in [1.82, 2.24) is 14.5 Å². The number of likely N-dealkylation sites (N-methyl/N-ethyl adjacent to an activating group) is 1. The van der Waals surface area contributed by atoms with E-state index in [9.17, 15) is 14.9 Å². The molecular weight excluding hydrogens is 310 g/mol. The molecule has 0 fully saturated rings. The monoisotopic (exact) mass is 333 g/mol. The Labute approximate surface area is 136 Å². The fraction of sp³-hybridized carbons (Fsp3) is 0.692. The van der Waals surface area contributed by atoms with Crippen LogP contribution < -0.4 is 5.73 Å². The lowest BCUT2D eigenvalue weighted by Gasteiger charge is -2.21. The van der Waals surface area contributed by atoms with Crippen LogP contribution >= 0.6 is 12.4 Å². The number of nitrogens with two attached hydrogens (primary N) is 1. The summed E-state index contributed by atoms with van der Waals surface area (Å²) in [5.74, 6) is 0.445. The Morgan fingerprint density at radius 2 is 2.14 bits per heavy atom. The SMILES string of the molecule is Cc1nc([N+](=O)[O-])cn1CC(=O)N(C)CCC(N)C(C)C.Cl. The largest absolute Gasteiger partial charge is 0.381 e. The molecule has 1 amide bonds. The van der Waals surface area contributed by atoms with Gasteiger partial charge in [-0.2, -0.15) is 0 Å². The predicted octanol–water partition coefficient (Wildman–Crippen LogP) is 1.35. The Balaban J connectivity index is 0.00000441. The lowest BCUT2D eigenvalue weighted by Crippen LogP contribution is -2.36. The Morgan fingerprint density at radius 3 is 2.59 bits per heavy atom. The molecule has 22 heavy (non-hydrogen) atoms. The van der Waals surface area contributed by atoms with E-state index in [4.69, 9.17) is 5.73 Å². The summed E-state index contributed by atoms with van der Waals surface area (Å²) in [7, 11) is 1.70. The zero-order chi connectivity index (χ0) is 16.2. The van der Waals surface area contributed by atoms with E-state index in [1.54, 1.807) is 18.9 Å². The summed E-state index contributed by atoms with van der Waals surface area (Å²) in [6.07, 6.45) is 2.00. The first-order valence-electron chi connectivity index (χ1n) is 6.90. The van der Waals surface area contributed by atoms with Crippen molar-refractivity contribution in [1.29, 1.82) is 0 Å². The third kappa shape index (κ3) is 5.61. The van der Waals surface area contributed by atoms with Gasteiger partial charge < -0.3 is 20.7 Å². The molecule has 126 valence electrons. The van der Waals surface area contributed by atoms with Gasteiger partial charge in [0.25, 0.3) is 0 Å². The Bertz CT molecular complexity index is 518. The van der Waals surface area contributed by atoms with Gasteiger partial charge in [0, 0.05) is 26.6 Å². The molecule has 1 aromatic heterocycles. The van der Waals surface area contributed by atoms with Crippen LogP contribution in [0.5, 0.6) is 0 Å². The van der Waals surface area contributed by atoms with Crippen LogP contribution in [-0.4, -0.2) is 44.9 Å². The van der Waals surface area contributed by atoms with Crippen molar-refractivity contribution in [2.75, 3.05) is 13.6 Å². The quantitative estimate of drug-likeness (QED) is 0.598. The van der Waals surface area contributed by atoms with Gasteiger partial charge in [-0.05, 0) is 22.2 Å².